The number of alkyl carbamates (subject to hydrolysis) is 2. The highest BCUT2D eigenvalue weighted by Crippen LogP contribution is 2.27. The Hall–Kier alpha value is -6.71. The van der Waals surface area contributed by atoms with Crippen LogP contribution in [-0.4, -0.2) is 51.6 Å². The van der Waals surface area contributed by atoms with Crippen LogP contribution >= 0.6 is 0 Å². The number of nitro benzene ring substituents is 2. The lowest BCUT2D eigenvalue weighted by atomic mass is 10.0. The van der Waals surface area contributed by atoms with Crippen LogP contribution in [0.2, 0.25) is 0 Å². The third-order valence-electron chi connectivity index (χ3n) is 6.08. The predicted octanol–water partition coefficient (Wildman–Crippen LogP) is 4.39. The quantitative estimate of drug-likeness (QED) is 0.0659. The molecule has 0 heterocycles. The summed E-state index contributed by atoms with van der Waals surface area (Å²) in [5.41, 5.74) is -0.196. The number of aliphatic imine (C=N–C) groups is 1. The number of fused-ring (bicyclic) bond motifs is 1. The van der Waals surface area contributed by atoms with E-state index in [4.69, 9.17) is 0 Å². The van der Waals surface area contributed by atoms with Gasteiger partial charge in [0.05, 0.1) is 21.0 Å². The summed E-state index contributed by atoms with van der Waals surface area (Å²) in [7, 11) is 0. The smallest absolute Gasteiger partial charge is 0.421 e. The summed E-state index contributed by atoms with van der Waals surface area (Å²) in [5, 5.41) is 37.2. The first-order valence-corrected chi connectivity index (χ1v) is 12.8. The number of phenolic OH excluding ortho intramolecular Hbond substituents is 1. The summed E-state index contributed by atoms with van der Waals surface area (Å²) in [6.07, 6.45) is -2.54. The van der Waals surface area contributed by atoms with Crippen molar-refractivity contribution in [3.63, 3.8) is 0 Å². The molecule has 0 saturated carbocycles. The molecule has 0 fully saturated rings. The van der Waals surface area contributed by atoms with Crippen LogP contribution in [0.5, 0.6) is 5.75 Å². The van der Waals surface area contributed by atoms with Crippen molar-refractivity contribution in [2.24, 2.45) is 4.99 Å². The van der Waals surface area contributed by atoms with Crippen molar-refractivity contribution in [1.29, 1.82) is 0 Å². The number of esters is 2. The molecule has 0 spiro atoms. The molecule has 0 bridgehead atoms. The number of nitrogens with one attached hydrogen (secondary N) is 2. The normalized spacial score (nSPS) is 10.3. The predicted molar refractivity (Wildman–Crippen MR) is 156 cm³/mol. The van der Waals surface area contributed by atoms with Gasteiger partial charge < -0.3 is 14.6 Å². The molecule has 4 aromatic rings. The highest BCUT2D eigenvalue weighted by Gasteiger charge is 2.20. The molecular formula is C29H21N5O11. The molecule has 0 radical (unpaired) electrons. The zero-order valence-electron chi connectivity index (χ0n) is 22.9. The van der Waals surface area contributed by atoms with E-state index >= 15 is 0 Å². The minimum atomic E-state index is -1.39. The Kier molecular flexibility index (Phi) is 9.70. The highest BCUT2D eigenvalue weighted by molar-refractivity contribution is 6.07. The number of non-ortho nitro benzene ring substituents is 2. The van der Waals surface area contributed by atoms with Crippen LogP contribution in [0.4, 0.5) is 21.0 Å². The van der Waals surface area contributed by atoms with Gasteiger partial charge in [0.15, 0.2) is 0 Å². The molecule has 2 amide bonds. The minimum Gasteiger partial charge on any atom is -0.507 e. The van der Waals surface area contributed by atoms with Crippen molar-refractivity contribution in [2.45, 2.75) is 6.42 Å². The Balaban J connectivity index is 1.47. The zero-order valence-corrected chi connectivity index (χ0v) is 22.9. The van der Waals surface area contributed by atoms with E-state index in [2.05, 4.69) is 25.1 Å². The van der Waals surface area contributed by atoms with Gasteiger partial charge in [-0.25, -0.2) is 19.2 Å². The van der Waals surface area contributed by atoms with Crippen molar-refractivity contribution in [2.75, 3.05) is 6.54 Å². The topological polar surface area (TPSA) is 230 Å². The SMILES string of the molecule is O=C(NC(=NCCc1cccc2c(O)cccc12)NC(=O)OC(=O)c1ccc([N+](=O)[O-])cc1)OC(=O)c1ccc([N+](=O)[O-])cc1. The van der Waals surface area contributed by atoms with Gasteiger partial charge in [-0.3, -0.25) is 35.9 Å². The number of guanidine groups is 1. The van der Waals surface area contributed by atoms with Crippen LogP contribution in [0.3, 0.4) is 0 Å². The van der Waals surface area contributed by atoms with Crippen LogP contribution in [0.25, 0.3) is 10.8 Å². The van der Waals surface area contributed by atoms with Gasteiger partial charge in [0, 0.05) is 36.2 Å². The Morgan fingerprint density at radius 2 is 1.16 bits per heavy atom. The van der Waals surface area contributed by atoms with Crippen LogP contribution in [0.15, 0.2) is 89.9 Å². The van der Waals surface area contributed by atoms with E-state index in [1.54, 1.807) is 30.3 Å². The van der Waals surface area contributed by atoms with Gasteiger partial charge in [-0.05, 0) is 47.7 Å². The van der Waals surface area contributed by atoms with Crippen LogP contribution in [0.1, 0.15) is 26.3 Å². The van der Waals surface area contributed by atoms with Crippen molar-refractivity contribution >= 4 is 52.2 Å². The number of nitrogens with zero attached hydrogens (tertiary/aromatic N) is 3. The van der Waals surface area contributed by atoms with Gasteiger partial charge in [-0.2, -0.15) is 0 Å². The van der Waals surface area contributed by atoms with E-state index < -0.39 is 39.9 Å². The summed E-state index contributed by atoms with van der Waals surface area (Å²) in [6, 6.07) is 18.6. The van der Waals surface area contributed by atoms with Gasteiger partial charge in [0.2, 0.25) is 5.96 Å². The molecule has 0 saturated heterocycles. The van der Waals surface area contributed by atoms with E-state index in [1.807, 2.05) is 0 Å². The van der Waals surface area contributed by atoms with Crippen LogP contribution < -0.4 is 10.6 Å². The van der Waals surface area contributed by atoms with Crippen molar-refractivity contribution < 1.29 is 43.6 Å². The van der Waals surface area contributed by atoms with E-state index in [9.17, 15) is 44.5 Å². The summed E-state index contributed by atoms with van der Waals surface area (Å²) < 4.78 is 9.37. The number of aromatic hydroxyl groups is 1. The van der Waals surface area contributed by atoms with E-state index in [-0.39, 0.29) is 41.2 Å². The van der Waals surface area contributed by atoms with Crippen molar-refractivity contribution in [3.05, 3.63) is 122 Å². The fraction of sp³-hybridized carbons (Fsp3) is 0.0690. The summed E-state index contributed by atoms with van der Waals surface area (Å²) in [6.45, 7) is -0.0583. The van der Waals surface area contributed by atoms with E-state index in [0.717, 1.165) is 59.5 Å². The third-order valence-corrected chi connectivity index (χ3v) is 6.08. The van der Waals surface area contributed by atoms with Gasteiger partial charge in [0.1, 0.15) is 5.75 Å². The Morgan fingerprint density at radius 1 is 0.689 bits per heavy atom. The third kappa shape index (κ3) is 8.19. The maximum atomic E-state index is 12.5. The average molecular weight is 616 g/mol. The average Bonchev–Trinajstić information content (AvgIpc) is 3.01. The molecule has 0 aliphatic carbocycles. The van der Waals surface area contributed by atoms with Crippen molar-refractivity contribution in [3.8, 4) is 5.75 Å². The lowest BCUT2D eigenvalue weighted by molar-refractivity contribution is -0.385. The summed E-state index contributed by atoms with van der Waals surface area (Å²) in [4.78, 5) is 74.1. The number of carbonyl (C=O) groups is 4. The number of nitro groups is 2. The lowest BCUT2D eigenvalue weighted by Gasteiger charge is -2.11. The maximum Gasteiger partial charge on any atom is 0.421 e. The largest absolute Gasteiger partial charge is 0.507 e. The lowest BCUT2D eigenvalue weighted by Crippen LogP contribution is -2.45. The molecule has 45 heavy (non-hydrogen) atoms. The number of benzene rings is 4. The number of phenols is 1. The molecule has 0 atom stereocenters. The number of amides is 2. The first-order chi connectivity index (χ1) is 21.5. The molecule has 3 N–H and O–H groups in total. The van der Waals surface area contributed by atoms with E-state index in [1.165, 1.54) is 6.07 Å². The van der Waals surface area contributed by atoms with Gasteiger partial charge in [0.25, 0.3) is 11.4 Å². The van der Waals surface area contributed by atoms with Crippen LogP contribution in [0, 0.1) is 20.2 Å². The fourth-order valence-corrected chi connectivity index (χ4v) is 3.94. The van der Waals surface area contributed by atoms with Gasteiger partial charge >= 0.3 is 24.1 Å². The Bertz CT molecular complexity index is 1750. The maximum absolute atomic E-state index is 12.5. The number of ether oxygens (including phenoxy) is 2. The summed E-state index contributed by atoms with van der Waals surface area (Å²) >= 11 is 0. The van der Waals surface area contributed by atoms with Crippen molar-refractivity contribution in [1.82, 2.24) is 10.6 Å². The van der Waals surface area contributed by atoms with Gasteiger partial charge in [-0.1, -0.05) is 30.3 Å². The second-order valence-electron chi connectivity index (χ2n) is 8.98. The number of rotatable bonds is 7. The Morgan fingerprint density at radius 3 is 1.64 bits per heavy atom. The van der Waals surface area contributed by atoms with Crippen LogP contribution in [-0.2, 0) is 15.9 Å². The zero-order chi connectivity index (χ0) is 32.5. The molecule has 0 unspecified atom stereocenters. The first-order valence-electron chi connectivity index (χ1n) is 12.8. The molecular weight excluding hydrogens is 594 g/mol. The monoisotopic (exact) mass is 615 g/mol. The second kappa shape index (κ2) is 14.0. The molecule has 16 heteroatoms. The second-order valence-corrected chi connectivity index (χ2v) is 8.98. The molecule has 4 aromatic carbocycles. The number of hydrogen-bond acceptors (Lipinski definition) is 12. The summed E-state index contributed by atoms with van der Waals surface area (Å²) in [5.74, 6) is -2.84. The Labute approximate surface area is 252 Å². The molecule has 16 nitrogen and oxygen atoms in total. The molecule has 0 aliphatic rings. The number of carbonyl (C=O) groups excluding carboxylic acids is 4. The highest BCUT2D eigenvalue weighted by atomic mass is 16.6. The van der Waals surface area contributed by atoms with E-state index in [0.29, 0.717) is 5.39 Å². The van der Waals surface area contributed by atoms with Gasteiger partial charge in [-0.15, -0.1) is 0 Å². The molecule has 0 aromatic heterocycles. The molecule has 4 rings (SSSR count). The first kappa shape index (κ1) is 31.2. The standard InChI is InChI=1S/C29H21N5O11/c35-24-6-2-4-22-17(3-1-5-23(22)24)15-16-30-27(31-28(38)44-25(36)18-7-11-20(12-8-18)33(40)41)32-29(39)45-26(37)19-9-13-21(14-10-19)34(42)43/h1-14,35H,15-16H2,(H2,30,31,32,38,39). The minimum absolute atomic E-state index is 0.0583. The molecule has 228 valence electrons. The molecule has 0 aliphatic heterocycles. The number of hydrogen-bond donors (Lipinski definition) is 3. The fourth-order valence-electron chi connectivity index (χ4n) is 3.94.